The molecule has 0 bridgehead atoms. The number of rotatable bonds is 11. The van der Waals surface area contributed by atoms with E-state index in [2.05, 4.69) is 15.7 Å². The maximum absolute atomic E-state index is 15.2. The highest BCUT2D eigenvalue weighted by molar-refractivity contribution is 6.01. The molecule has 2 unspecified atom stereocenters. The molecule has 2 atom stereocenters. The molecule has 0 radical (unpaired) electrons. The van der Waals surface area contributed by atoms with Gasteiger partial charge in [0, 0.05) is 12.2 Å². The zero-order valence-corrected chi connectivity index (χ0v) is 23.6. The molecule has 43 heavy (non-hydrogen) atoms. The third-order valence-electron chi connectivity index (χ3n) is 7.70. The van der Waals surface area contributed by atoms with Crippen LogP contribution >= 0.6 is 0 Å². The van der Waals surface area contributed by atoms with Gasteiger partial charge in [-0.2, -0.15) is 31.4 Å². The van der Waals surface area contributed by atoms with Crippen molar-refractivity contribution in [3.63, 3.8) is 0 Å². The van der Waals surface area contributed by atoms with Crippen LogP contribution in [0.5, 0.6) is 0 Å². The molecule has 0 saturated heterocycles. The minimum atomic E-state index is -5.14. The molecule has 2 aliphatic carbocycles. The molecular formula is C28H32F7N5O3. The molecule has 3 amide bonds. The fraction of sp³-hybridized carbons (Fsp3) is 0.571. The van der Waals surface area contributed by atoms with Crippen molar-refractivity contribution >= 4 is 23.4 Å². The van der Waals surface area contributed by atoms with Crippen molar-refractivity contribution in [1.29, 1.82) is 0 Å². The Labute approximate surface area is 242 Å². The fourth-order valence-electron chi connectivity index (χ4n) is 5.33. The highest BCUT2D eigenvalue weighted by atomic mass is 19.4. The molecule has 15 heteroatoms. The first-order chi connectivity index (χ1) is 20.0. The summed E-state index contributed by atoms with van der Waals surface area (Å²) < 4.78 is 96.3. The van der Waals surface area contributed by atoms with Crippen LogP contribution in [-0.4, -0.2) is 46.3 Å². The number of carbonyl (C=O) groups excluding carboxylic acids is 3. The van der Waals surface area contributed by atoms with E-state index >= 15 is 4.39 Å². The highest BCUT2D eigenvalue weighted by Gasteiger charge is 2.49. The molecule has 1 aromatic heterocycles. The Bertz CT molecular complexity index is 1350. The molecule has 0 spiro atoms. The number of amides is 3. The largest absolute Gasteiger partial charge is 0.416 e. The van der Waals surface area contributed by atoms with Crippen LogP contribution in [0.1, 0.15) is 80.0 Å². The van der Waals surface area contributed by atoms with E-state index in [0.717, 1.165) is 32.6 Å². The number of anilines is 1. The standard InChI is InChI=1S/C28H32F7N5O3/c1-13(2)40-21(8-9-37-40)25(42)39-23(22(15-4-5-15)16-6-7-16)26(43)38-20-11-18(28(33,34)35)17(10-19(20)29)14(3)24(41)36-12-27(30,31)32/h8-11,13-16,22-23H,4-7,12H2,1-3H3,(H,36,41)(H,38,43)(H,39,42). The molecule has 1 aromatic carbocycles. The second kappa shape index (κ2) is 12.2. The third-order valence-corrected chi connectivity index (χ3v) is 7.70. The second-order valence-electron chi connectivity index (χ2n) is 11.4. The Morgan fingerprint density at radius 3 is 2.09 bits per heavy atom. The van der Waals surface area contributed by atoms with Gasteiger partial charge in [0.25, 0.3) is 5.91 Å². The minimum absolute atomic E-state index is 0.104. The quantitative estimate of drug-likeness (QED) is 0.286. The van der Waals surface area contributed by atoms with E-state index in [4.69, 9.17) is 0 Å². The molecule has 2 aliphatic rings. The molecule has 8 nitrogen and oxygen atoms in total. The number of carbonyl (C=O) groups is 3. The van der Waals surface area contributed by atoms with E-state index in [0.29, 0.717) is 12.1 Å². The molecule has 4 rings (SSSR count). The average Bonchev–Trinajstić information content (AvgIpc) is 3.85. The Morgan fingerprint density at radius 1 is 0.977 bits per heavy atom. The summed E-state index contributed by atoms with van der Waals surface area (Å²) >= 11 is 0. The highest BCUT2D eigenvalue weighted by Crippen LogP contribution is 2.51. The predicted molar refractivity (Wildman–Crippen MR) is 140 cm³/mol. The van der Waals surface area contributed by atoms with Crippen LogP contribution in [0.25, 0.3) is 0 Å². The molecule has 0 aliphatic heterocycles. The molecule has 236 valence electrons. The first-order valence-electron chi connectivity index (χ1n) is 13.9. The van der Waals surface area contributed by atoms with Crippen molar-refractivity contribution in [2.24, 2.45) is 17.8 Å². The van der Waals surface area contributed by atoms with Crippen LogP contribution in [0.4, 0.5) is 36.4 Å². The summed E-state index contributed by atoms with van der Waals surface area (Å²) in [6, 6.07) is 0.782. The number of nitrogens with one attached hydrogen (secondary N) is 3. The Hall–Kier alpha value is -3.65. The van der Waals surface area contributed by atoms with Crippen molar-refractivity contribution in [3.8, 4) is 0 Å². The van der Waals surface area contributed by atoms with Crippen molar-refractivity contribution in [2.75, 3.05) is 11.9 Å². The molecule has 1 heterocycles. The van der Waals surface area contributed by atoms with Gasteiger partial charge in [-0.25, -0.2) is 4.39 Å². The van der Waals surface area contributed by atoms with Crippen LogP contribution in [0.2, 0.25) is 0 Å². The number of benzene rings is 1. The Morgan fingerprint density at radius 2 is 1.58 bits per heavy atom. The normalized spacial score (nSPS) is 17.1. The topological polar surface area (TPSA) is 105 Å². The monoisotopic (exact) mass is 619 g/mol. The van der Waals surface area contributed by atoms with Crippen molar-refractivity contribution in [2.45, 2.75) is 76.8 Å². The van der Waals surface area contributed by atoms with Crippen LogP contribution in [0.3, 0.4) is 0 Å². The van der Waals surface area contributed by atoms with Crippen LogP contribution in [0.15, 0.2) is 24.4 Å². The number of hydrogen-bond acceptors (Lipinski definition) is 4. The van der Waals surface area contributed by atoms with E-state index < -0.39 is 71.2 Å². The lowest BCUT2D eigenvalue weighted by Crippen LogP contribution is -2.50. The lowest BCUT2D eigenvalue weighted by atomic mass is 9.88. The van der Waals surface area contributed by atoms with Gasteiger partial charge in [0.1, 0.15) is 24.1 Å². The zero-order chi connectivity index (χ0) is 31.9. The van der Waals surface area contributed by atoms with Gasteiger partial charge in [-0.3, -0.25) is 19.1 Å². The predicted octanol–water partition coefficient (Wildman–Crippen LogP) is 5.58. The Kier molecular flexibility index (Phi) is 9.12. The number of aromatic nitrogens is 2. The van der Waals surface area contributed by atoms with E-state index in [1.54, 1.807) is 13.8 Å². The van der Waals surface area contributed by atoms with Gasteiger partial charge in [-0.05, 0) is 88.0 Å². The average molecular weight is 620 g/mol. The van der Waals surface area contributed by atoms with Crippen molar-refractivity contribution < 1.29 is 45.1 Å². The molecule has 3 N–H and O–H groups in total. The maximum Gasteiger partial charge on any atom is 0.416 e. The minimum Gasteiger partial charge on any atom is -0.346 e. The summed E-state index contributed by atoms with van der Waals surface area (Å²) in [6.45, 7) is 2.74. The van der Waals surface area contributed by atoms with Crippen LogP contribution in [-0.2, 0) is 15.8 Å². The molecule has 2 aromatic rings. The fourth-order valence-corrected chi connectivity index (χ4v) is 5.33. The first-order valence-corrected chi connectivity index (χ1v) is 13.9. The van der Waals surface area contributed by atoms with Gasteiger partial charge in [0.05, 0.1) is 17.2 Å². The molecule has 2 saturated carbocycles. The van der Waals surface area contributed by atoms with E-state index in [1.165, 1.54) is 22.3 Å². The van der Waals surface area contributed by atoms with Crippen LogP contribution in [0, 0.1) is 23.6 Å². The smallest absolute Gasteiger partial charge is 0.346 e. The maximum atomic E-state index is 15.2. The van der Waals surface area contributed by atoms with Gasteiger partial charge < -0.3 is 16.0 Å². The summed E-state index contributed by atoms with van der Waals surface area (Å²) in [5.74, 6) is -6.17. The Balaban J connectivity index is 1.63. The summed E-state index contributed by atoms with van der Waals surface area (Å²) in [4.78, 5) is 39.0. The first kappa shape index (κ1) is 32.3. The molecule has 2 fully saturated rings. The van der Waals surface area contributed by atoms with Gasteiger partial charge >= 0.3 is 12.4 Å². The summed E-state index contributed by atoms with van der Waals surface area (Å²) in [6.07, 6.45) is -5.31. The van der Waals surface area contributed by atoms with Gasteiger partial charge in [0.15, 0.2) is 0 Å². The number of halogens is 7. The van der Waals surface area contributed by atoms with E-state index in [-0.39, 0.29) is 29.5 Å². The second-order valence-corrected chi connectivity index (χ2v) is 11.4. The summed E-state index contributed by atoms with van der Waals surface area (Å²) in [5.41, 5.74) is -3.07. The van der Waals surface area contributed by atoms with Gasteiger partial charge in [0.2, 0.25) is 11.8 Å². The number of hydrogen-bond donors (Lipinski definition) is 3. The zero-order valence-electron chi connectivity index (χ0n) is 23.6. The summed E-state index contributed by atoms with van der Waals surface area (Å²) in [5, 5.41) is 10.5. The van der Waals surface area contributed by atoms with Crippen LogP contribution < -0.4 is 16.0 Å². The van der Waals surface area contributed by atoms with Crippen molar-refractivity contribution in [1.82, 2.24) is 20.4 Å². The summed E-state index contributed by atoms with van der Waals surface area (Å²) in [7, 11) is 0. The lowest BCUT2D eigenvalue weighted by Gasteiger charge is -2.28. The third kappa shape index (κ3) is 7.85. The van der Waals surface area contributed by atoms with Crippen molar-refractivity contribution in [3.05, 3.63) is 47.0 Å². The molecular weight excluding hydrogens is 587 g/mol. The number of nitrogens with zero attached hydrogens (tertiary/aromatic N) is 2. The van der Waals surface area contributed by atoms with Gasteiger partial charge in [-0.1, -0.05) is 0 Å². The van der Waals surface area contributed by atoms with E-state index in [1.807, 2.05) is 0 Å². The number of alkyl halides is 6. The SMILES string of the molecule is CC(C(=O)NCC(F)(F)F)c1cc(F)c(NC(=O)C(NC(=O)c2ccnn2C(C)C)C(C2CC2)C2CC2)cc1C(F)(F)F. The van der Waals surface area contributed by atoms with Gasteiger partial charge in [-0.15, -0.1) is 0 Å². The lowest BCUT2D eigenvalue weighted by molar-refractivity contribution is -0.141. The van der Waals surface area contributed by atoms with E-state index in [9.17, 15) is 40.7 Å².